The van der Waals surface area contributed by atoms with Crippen molar-refractivity contribution in [2.45, 2.75) is 13.1 Å². The van der Waals surface area contributed by atoms with E-state index in [1.165, 1.54) is 25.1 Å². The minimum atomic E-state index is -4.77. The maximum atomic E-state index is 12.1. The van der Waals surface area contributed by atoms with Gasteiger partial charge in [0.1, 0.15) is 0 Å². The third-order valence-corrected chi connectivity index (χ3v) is 2.22. The van der Waals surface area contributed by atoms with Crippen LogP contribution in [0.1, 0.15) is 5.56 Å². The van der Waals surface area contributed by atoms with Gasteiger partial charge in [0.2, 0.25) is 5.17 Å². The van der Waals surface area contributed by atoms with Gasteiger partial charge < -0.3 is 0 Å². The number of rotatable bonds is 2. The smallest absolute Gasteiger partial charge is 0.258 e. The fourth-order valence-electron chi connectivity index (χ4n) is 1.10. The van der Waals surface area contributed by atoms with Crippen molar-refractivity contribution in [3.8, 4) is 0 Å². The van der Waals surface area contributed by atoms with Crippen LogP contribution in [0.3, 0.4) is 0 Å². The molecule has 0 aromatic heterocycles. The van der Waals surface area contributed by atoms with E-state index in [0.29, 0.717) is 0 Å². The summed E-state index contributed by atoms with van der Waals surface area (Å²) in [6, 6.07) is 3.64. The SMILES string of the molecule is Cc1c(N=C(Cl)C(F)(F)F)cccc1[N+](=O)[O-]. The van der Waals surface area contributed by atoms with Crippen molar-refractivity contribution in [1.29, 1.82) is 0 Å². The zero-order valence-corrected chi connectivity index (χ0v) is 9.21. The van der Waals surface area contributed by atoms with Gasteiger partial charge in [-0.3, -0.25) is 10.1 Å². The quantitative estimate of drug-likeness (QED) is 0.465. The fourth-order valence-corrected chi connectivity index (χ4v) is 1.19. The monoisotopic (exact) mass is 266 g/mol. The van der Waals surface area contributed by atoms with Gasteiger partial charge in [0.15, 0.2) is 0 Å². The van der Waals surface area contributed by atoms with Crippen LogP contribution in [0, 0.1) is 17.0 Å². The maximum absolute atomic E-state index is 12.1. The fraction of sp³-hybridized carbons (Fsp3) is 0.222. The number of nitro benzene ring substituents is 1. The molecule has 4 nitrogen and oxygen atoms in total. The summed E-state index contributed by atoms with van der Waals surface area (Å²) < 4.78 is 36.4. The molecule has 1 aromatic rings. The van der Waals surface area contributed by atoms with Crippen molar-refractivity contribution in [3.05, 3.63) is 33.9 Å². The lowest BCUT2D eigenvalue weighted by molar-refractivity contribution is -0.385. The van der Waals surface area contributed by atoms with Gasteiger partial charge in [-0.15, -0.1) is 0 Å². The molecule has 0 radical (unpaired) electrons. The van der Waals surface area contributed by atoms with Crippen LogP contribution in [0.4, 0.5) is 24.5 Å². The summed E-state index contributed by atoms with van der Waals surface area (Å²) in [5.74, 6) is 0. The lowest BCUT2D eigenvalue weighted by Crippen LogP contribution is -2.16. The molecule has 0 aliphatic rings. The molecule has 0 aliphatic carbocycles. The van der Waals surface area contributed by atoms with Crippen LogP contribution in [0.25, 0.3) is 0 Å². The summed E-state index contributed by atoms with van der Waals surface area (Å²) in [6.07, 6.45) is -4.77. The van der Waals surface area contributed by atoms with Crippen LogP contribution in [-0.2, 0) is 0 Å². The Hall–Kier alpha value is -1.63. The highest BCUT2D eigenvalue weighted by Crippen LogP contribution is 2.30. The normalized spacial score (nSPS) is 12.6. The molecule has 17 heavy (non-hydrogen) atoms. The molecule has 0 spiro atoms. The first kappa shape index (κ1) is 13.4. The van der Waals surface area contributed by atoms with Gasteiger partial charge in [0.25, 0.3) is 5.69 Å². The average molecular weight is 267 g/mol. The molecule has 0 aliphatic heterocycles. The second-order valence-electron chi connectivity index (χ2n) is 3.08. The van der Waals surface area contributed by atoms with Gasteiger partial charge in [-0.1, -0.05) is 17.7 Å². The van der Waals surface area contributed by atoms with Crippen molar-refractivity contribution in [1.82, 2.24) is 0 Å². The van der Waals surface area contributed by atoms with E-state index in [-0.39, 0.29) is 16.9 Å². The number of hydrogen-bond donors (Lipinski definition) is 0. The summed E-state index contributed by atoms with van der Waals surface area (Å²) in [4.78, 5) is 13.0. The molecule has 1 aromatic carbocycles. The first-order chi connectivity index (χ1) is 7.73. The summed E-state index contributed by atoms with van der Waals surface area (Å²) in [5.41, 5.74) is -0.459. The van der Waals surface area contributed by atoms with Crippen molar-refractivity contribution >= 4 is 28.1 Å². The van der Waals surface area contributed by atoms with Crippen LogP contribution < -0.4 is 0 Å². The average Bonchev–Trinajstić information content (AvgIpc) is 2.19. The van der Waals surface area contributed by atoms with Crippen LogP contribution in [0.15, 0.2) is 23.2 Å². The van der Waals surface area contributed by atoms with E-state index in [2.05, 4.69) is 4.99 Å². The molecular weight excluding hydrogens is 261 g/mol. The van der Waals surface area contributed by atoms with E-state index in [1.807, 2.05) is 0 Å². The zero-order chi connectivity index (χ0) is 13.2. The van der Waals surface area contributed by atoms with Crippen LogP contribution in [-0.4, -0.2) is 16.3 Å². The molecule has 8 heteroatoms. The minimum Gasteiger partial charge on any atom is -0.258 e. The third kappa shape index (κ3) is 3.16. The molecule has 0 amide bonds. The maximum Gasteiger partial charge on any atom is 0.444 e. The Morgan fingerprint density at radius 2 is 2.06 bits per heavy atom. The second-order valence-corrected chi connectivity index (χ2v) is 3.44. The number of nitro groups is 1. The van der Waals surface area contributed by atoms with Crippen molar-refractivity contribution < 1.29 is 18.1 Å². The summed E-state index contributed by atoms with van der Waals surface area (Å²) in [5, 5.41) is 8.99. The Morgan fingerprint density at radius 1 is 1.47 bits per heavy atom. The Labute approximate surface area is 98.9 Å². The molecule has 0 saturated carbocycles. The highest BCUT2D eigenvalue weighted by atomic mass is 35.5. The van der Waals surface area contributed by atoms with Gasteiger partial charge in [-0.2, -0.15) is 13.2 Å². The molecular formula is C9H6ClF3N2O2. The molecule has 0 N–H and O–H groups in total. The van der Waals surface area contributed by atoms with Gasteiger partial charge in [-0.25, -0.2) is 4.99 Å². The number of alkyl halides is 3. The lowest BCUT2D eigenvalue weighted by Gasteiger charge is -2.05. The highest BCUT2D eigenvalue weighted by Gasteiger charge is 2.34. The molecule has 0 fully saturated rings. The topological polar surface area (TPSA) is 55.5 Å². The van der Waals surface area contributed by atoms with E-state index < -0.39 is 16.3 Å². The van der Waals surface area contributed by atoms with Gasteiger partial charge >= 0.3 is 6.18 Å². The van der Waals surface area contributed by atoms with E-state index in [4.69, 9.17) is 11.6 Å². The van der Waals surface area contributed by atoms with Crippen LogP contribution >= 0.6 is 11.6 Å². The van der Waals surface area contributed by atoms with Crippen molar-refractivity contribution in [3.63, 3.8) is 0 Å². The largest absolute Gasteiger partial charge is 0.444 e. The lowest BCUT2D eigenvalue weighted by atomic mass is 10.1. The van der Waals surface area contributed by atoms with E-state index >= 15 is 0 Å². The molecule has 0 bridgehead atoms. The first-order valence-corrected chi connectivity index (χ1v) is 4.66. The summed E-state index contributed by atoms with van der Waals surface area (Å²) in [6.45, 7) is 1.30. The van der Waals surface area contributed by atoms with E-state index in [9.17, 15) is 23.3 Å². The summed E-state index contributed by atoms with van der Waals surface area (Å²) in [7, 11) is 0. The standard InChI is InChI=1S/C9H6ClF3N2O2/c1-5-6(14-8(10)9(11,12)13)3-2-4-7(5)15(16)17/h2-4H,1H3. The molecule has 92 valence electrons. The number of aliphatic imine (C=N–C) groups is 1. The number of hydrogen-bond acceptors (Lipinski definition) is 3. The number of nitrogens with zero attached hydrogens (tertiary/aromatic N) is 2. The number of benzene rings is 1. The van der Waals surface area contributed by atoms with Crippen molar-refractivity contribution in [2.24, 2.45) is 4.99 Å². The van der Waals surface area contributed by atoms with Crippen LogP contribution in [0.5, 0.6) is 0 Å². The predicted molar refractivity (Wildman–Crippen MR) is 56.8 cm³/mol. The Balaban J connectivity index is 3.26. The van der Waals surface area contributed by atoms with Gasteiger partial charge in [-0.05, 0) is 13.0 Å². The second kappa shape index (κ2) is 4.70. The Morgan fingerprint density at radius 3 is 2.53 bits per heavy atom. The molecule has 0 heterocycles. The van der Waals surface area contributed by atoms with Gasteiger partial charge in [0.05, 0.1) is 16.2 Å². The minimum absolute atomic E-state index is 0.0277. The van der Waals surface area contributed by atoms with Gasteiger partial charge in [0, 0.05) is 6.07 Å². The van der Waals surface area contributed by atoms with E-state index in [1.54, 1.807) is 0 Å². The zero-order valence-electron chi connectivity index (χ0n) is 8.45. The Bertz CT molecular complexity index is 486. The van der Waals surface area contributed by atoms with Crippen molar-refractivity contribution in [2.75, 3.05) is 0 Å². The third-order valence-electron chi connectivity index (χ3n) is 1.93. The molecule has 0 unspecified atom stereocenters. The summed E-state index contributed by atoms with van der Waals surface area (Å²) >= 11 is 4.95. The molecule has 1 rings (SSSR count). The first-order valence-electron chi connectivity index (χ1n) is 4.29. The Kier molecular flexibility index (Phi) is 3.72. The molecule has 0 atom stereocenters. The van der Waals surface area contributed by atoms with E-state index in [0.717, 1.165) is 0 Å². The molecule has 0 saturated heterocycles. The van der Waals surface area contributed by atoms with Crippen LogP contribution in [0.2, 0.25) is 0 Å². The highest BCUT2D eigenvalue weighted by molar-refractivity contribution is 6.67. The predicted octanol–water partition coefficient (Wildman–Crippen LogP) is 3.73. The number of halogens is 4.